The molecule has 0 aliphatic rings. The number of nitrogens with zero attached hydrogens (tertiary/aromatic N) is 4. The molecule has 0 spiro atoms. The summed E-state index contributed by atoms with van der Waals surface area (Å²) in [6.45, 7) is 2.79. The Hall–Kier alpha value is -3.85. The molecule has 1 heterocycles. The fraction of sp³-hybridized carbons (Fsp3) is 0.167. The lowest BCUT2D eigenvalue weighted by molar-refractivity contribution is -0.384. The highest BCUT2D eigenvalue weighted by atomic mass is 32.2. The standard InChI is InChI=1S/C24H22N4O4S/c1-2-31-22-14-12-19(13-15-22)27-23(16-32-21-6-4-3-5-7-21)25-26-24(27)33-17-18-8-10-20(11-9-18)28(29)30/h3-15H,2,16-17H2,1H3. The molecular weight excluding hydrogens is 440 g/mol. The van der Waals surface area contributed by atoms with Crippen LogP contribution < -0.4 is 9.47 Å². The number of nitro groups is 1. The monoisotopic (exact) mass is 462 g/mol. The molecule has 0 N–H and O–H groups in total. The van der Waals surface area contributed by atoms with Gasteiger partial charge in [0, 0.05) is 23.6 Å². The van der Waals surface area contributed by atoms with E-state index < -0.39 is 4.92 Å². The molecule has 0 radical (unpaired) electrons. The molecule has 0 fully saturated rings. The summed E-state index contributed by atoms with van der Waals surface area (Å²) in [7, 11) is 0. The molecule has 0 saturated carbocycles. The Morgan fingerprint density at radius 1 is 0.909 bits per heavy atom. The summed E-state index contributed by atoms with van der Waals surface area (Å²) in [5.41, 5.74) is 1.91. The number of non-ortho nitro benzene ring substituents is 1. The van der Waals surface area contributed by atoms with Crippen LogP contribution in [0.4, 0.5) is 5.69 Å². The molecule has 0 aliphatic heterocycles. The number of aromatic nitrogens is 3. The van der Waals surface area contributed by atoms with Gasteiger partial charge in [-0.05, 0) is 48.9 Å². The molecule has 9 heteroatoms. The highest BCUT2D eigenvalue weighted by Gasteiger charge is 2.16. The van der Waals surface area contributed by atoms with E-state index >= 15 is 0 Å². The zero-order valence-corrected chi connectivity index (χ0v) is 18.8. The Labute approximate surface area is 195 Å². The van der Waals surface area contributed by atoms with E-state index in [0.29, 0.717) is 23.3 Å². The lowest BCUT2D eigenvalue weighted by atomic mass is 10.2. The van der Waals surface area contributed by atoms with E-state index in [1.807, 2.05) is 66.1 Å². The van der Waals surface area contributed by atoms with Crippen molar-refractivity contribution in [3.63, 3.8) is 0 Å². The van der Waals surface area contributed by atoms with Crippen LogP contribution in [-0.4, -0.2) is 26.3 Å². The maximum Gasteiger partial charge on any atom is 0.269 e. The molecule has 168 valence electrons. The summed E-state index contributed by atoms with van der Waals surface area (Å²) in [4.78, 5) is 10.5. The first-order chi connectivity index (χ1) is 16.1. The predicted octanol–water partition coefficient (Wildman–Crippen LogP) is 5.45. The summed E-state index contributed by atoms with van der Waals surface area (Å²) < 4.78 is 13.4. The molecule has 0 aliphatic carbocycles. The van der Waals surface area contributed by atoms with Crippen molar-refractivity contribution >= 4 is 17.4 Å². The number of thioether (sulfide) groups is 1. The number of hydrogen-bond donors (Lipinski definition) is 0. The third-order valence-corrected chi connectivity index (χ3v) is 5.73. The van der Waals surface area contributed by atoms with Crippen LogP contribution in [0, 0.1) is 10.1 Å². The van der Waals surface area contributed by atoms with E-state index in [4.69, 9.17) is 9.47 Å². The Morgan fingerprint density at radius 2 is 1.61 bits per heavy atom. The first kappa shape index (κ1) is 22.3. The Bertz CT molecular complexity index is 1200. The van der Waals surface area contributed by atoms with Crippen molar-refractivity contribution in [1.29, 1.82) is 0 Å². The average Bonchev–Trinajstić information content (AvgIpc) is 3.26. The minimum atomic E-state index is -0.404. The van der Waals surface area contributed by atoms with E-state index in [9.17, 15) is 10.1 Å². The topological polar surface area (TPSA) is 92.3 Å². The van der Waals surface area contributed by atoms with Crippen LogP contribution >= 0.6 is 11.8 Å². The first-order valence-electron chi connectivity index (χ1n) is 10.4. The number of ether oxygens (including phenoxy) is 2. The van der Waals surface area contributed by atoms with Crippen molar-refractivity contribution in [2.24, 2.45) is 0 Å². The summed E-state index contributed by atoms with van der Waals surface area (Å²) in [6.07, 6.45) is 0. The van der Waals surface area contributed by atoms with Crippen LogP contribution in [0.3, 0.4) is 0 Å². The van der Waals surface area contributed by atoms with Crippen molar-refractivity contribution in [3.05, 3.63) is 100 Å². The Balaban J connectivity index is 1.57. The van der Waals surface area contributed by atoms with Crippen molar-refractivity contribution in [3.8, 4) is 17.2 Å². The molecule has 0 unspecified atom stereocenters. The average molecular weight is 463 g/mol. The molecule has 4 rings (SSSR count). The molecule has 0 atom stereocenters. The van der Waals surface area contributed by atoms with Gasteiger partial charge in [-0.1, -0.05) is 42.1 Å². The fourth-order valence-electron chi connectivity index (χ4n) is 3.13. The van der Waals surface area contributed by atoms with Gasteiger partial charge in [0.1, 0.15) is 18.1 Å². The third kappa shape index (κ3) is 5.69. The molecule has 4 aromatic rings. The van der Waals surface area contributed by atoms with E-state index in [1.54, 1.807) is 12.1 Å². The second-order valence-electron chi connectivity index (χ2n) is 6.98. The number of para-hydroxylation sites is 1. The number of benzene rings is 3. The summed E-state index contributed by atoms with van der Waals surface area (Å²) in [5, 5.41) is 20.3. The fourth-order valence-corrected chi connectivity index (χ4v) is 4.06. The quantitative estimate of drug-likeness (QED) is 0.176. The molecule has 33 heavy (non-hydrogen) atoms. The van der Waals surface area contributed by atoms with Crippen LogP contribution in [0.5, 0.6) is 11.5 Å². The predicted molar refractivity (Wildman–Crippen MR) is 126 cm³/mol. The maximum absolute atomic E-state index is 10.9. The smallest absolute Gasteiger partial charge is 0.269 e. The van der Waals surface area contributed by atoms with E-state index in [-0.39, 0.29) is 12.3 Å². The van der Waals surface area contributed by atoms with Gasteiger partial charge in [0.2, 0.25) is 0 Å². The minimum Gasteiger partial charge on any atom is -0.494 e. The summed E-state index contributed by atoms with van der Waals surface area (Å²) in [6, 6.07) is 23.8. The van der Waals surface area contributed by atoms with E-state index in [1.165, 1.54) is 23.9 Å². The zero-order chi connectivity index (χ0) is 23.0. The third-order valence-electron chi connectivity index (χ3n) is 4.73. The lowest BCUT2D eigenvalue weighted by Crippen LogP contribution is -2.07. The van der Waals surface area contributed by atoms with Crippen molar-refractivity contribution in [2.45, 2.75) is 24.4 Å². The van der Waals surface area contributed by atoms with Crippen LogP contribution in [-0.2, 0) is 12.4 Å². The van der Waals surface area contributed by atoms with Crippen LogP contribution in [0.2, 0.25) is 0 Å². The van der Waals surface area contributed by atoms with E-state index in [0.717, 1.165) is 22.7 Å². The molecule has 0 bridgehead atoms. The summed E-state index contributed by atoms with van der Waals surface area (Å²) >= 11 is 1.50. The number of rotatable bonds is 10. The second-order valence-corrected chi connectivity index (χ2v) is 7.92. The minimum absolute atomic E-state index is 0.0710. The van der Waals surface area contributed by atoms with E-state index in [2.05, 4.69) is 10.2 Å². The Kier molecular flexibility index (Phi) is 7.21. The molecule has 8 nitrogen and oxygen atoms in total. The molecule has 3 aromatic carbocycles. The summed E-state index contributed by atoms with van der Waals surface area (Å²) in [5.74, 6) is 2.79. The van der Waals surface area contributed by atoms with Crippen LogP contribution in [0.15, 0.2) is 84.0 Å². The largest absolute Gasteiger partial charge is 0.494 e. The normalized spacial score (nSPS) is 10.7. The molecular formula is C24H22N4O4S. The van der Waals surface area contributed by atoms with Crippen LogP contribution in [0.25, 0.3) is 5.69 Å². The van der Waals surface area contributed by atoms with Crippen molar-refractivity contribution in [1.82, 2.24) is 14.8 Å². The zero-order valence-electron chi connectivity index (χ0n) is 18.0. The van der Waals surface area contributed by atoms with Gasteiger partial charge < -0.3 is 9.47 Å². The highest BCUT2D eigenvalue weighted by Crippen LogP contribution is 2.27. The number of hydrogen-bond acceptors (Lipinski definition) is 7. The van der Waals surface area contributed by atoms with Gasteiger partial charge in [0.15, 0.2) is 11.0 Å². The first-order valence-corrected chi connectivity index (χ1v) is 11.3. The molecule has 1 aromatic heterocycles. The second kappa shape index (κ2) is 10.6. The van der Waals surface area contributed by atoms with Gasteiger partial charge in [-0.25, -0.2) is 0 Å². The molecule has 0 amide bonds. The highest BCUT2D eigenvalue weighted by molar-refractivity contribution is 7.98. The SMILES string of the molecule is CCOc1ccc(-n2c(COc3ccccc3)nnc2SCc2ccc([N+](=O)[O-])cc2)cc1. The number of nitro benzene ring substituents is 1. The van der Waals surface area contributed by atoms with Gasteiger partial charge in [-0.15, -0.1) is 10.2 Å². The van der Waals surface area contributed by atoms with Gasteiger partial charge >= 0.3 is 0 Å². The lowest BCUT2D eigenvalue weighted by Gasteiger charge is -2.12. The Morgan fingerprint density at radius 3 is 2.27 bits per heavy atom. The van der Waals surface area contributed by atoms with Crippen molar-refractivity contribution < 1.29 is 14.4 Å². The van der Waals surface area contributed by atoms with Gasteiger partial charge in [-0.3, -0.25) is 14.7 Å². The van der Waals surface area contributed by atoms with Gasteiger partial charge in [-0.2, -0.15) is 0 Å². The van der Waals surface area contributed by atoms with Gasteiger partial charge in [0.05, 0.1) is 11.5 Å². The van der Waals surface area contributed by atoms with Crippen molar-refractivity contribution in [2.75, 3.05) is 6.61 Å². The maximum atomic E-state index is 10.9. The molecule has 0 saturated heterocycles. The van der Waals surface area contributed by atoms with Gasteiger partial charge in [0.25, 0.3) is 5.69 Å². The van der Waals surface area contributed by atoms with Crippen LogP contribution in [0.1, 0.15) is 18.3 Å².